The van der Waals surface area contributed by atoms with Crippen LogP contribution < -0.4 is 5.32 Å². The van der Waals surface area contributed by atoms with Crippen molar-refractivity contribution in [3.8, 4) is 0 Å². The first-order chi connectivity index (χ1) is 9.16. The van der Waals surface area contributed by atoms with Gasteiger partial charge in [0.05, 0.1) is 11.7 Å². The monoisotopic (exact) mass is 257 g/mol. The molecule has 0 atom stereocenters. The number of hydrogen-bond donors (Lipinski definition) is 2. The number of aromatic nitrogens is 2. The van der Waals surface area contributed by atoms with Crippen molar-refractivity contribution < 1.29 is 4.79 Å². The summed E-state index contributed by atoms with van der Waals surface area (Å²) >= 11 is 0. The highest BCUT2D eigenvalue weighted by atomic mass is 16.1. The van der Waals surface area contributed by atoms with Gasteiger partial charge in [-0.15, -0.1) is 0 Å². The van der Waals surface area contributed by atoms with Crippen molar-refractivity contribution in [2.75, 3.05) is 0 Å². The molecule has 1 fully saturated rings. The number of H-pyrrole nitrogens is 1. The molecular formula is C15H19N3O. The van der Waals surface area contributed by atoms with E-state index in [2.05, 4.69) is 22.4 Å². The van der Waals surface area contributed by atoms with E-state index in [0.29, 0.717) is 5.56 Å². The van der Waals surface area contributed by atoms with Gasteiger partial charge in [0.25, 0.3) is 5.91 Å². The van der Waals surface area contributed by atoms with Gasteiger partial charge in [-0.3, -0.25) is 9.89 Å². The number of benzene rings is 1. The first-order valence-corrected chi connectivity index (χ1v) is 6.92. The number of carbonyl (C=O) groups is 1. The molecule has 0 saturated heterocycles. The lowest BCUT2D eigenvalue weighted by molar-refractivity contribution is 0.0883. The van der Waals surface area contributed by atoms with Crippen LogP contribution >= 0.6 is 0 Å². The number of rotatable bonds is 2. The van der Waals surface area contributed by atoms with E-state index in [1.54, 1.807) is 6.20 Å². The molecule has 1 aliphatic rings. The van der Waals surface area contributed by atoms with Gasteiger partial charge in [0.1, 0.15) is 0 Å². The number of aromatic amines is 1. The smallest absolute Gasteiger partial charge is 0.251 e. The minimum Gasteiger partial charge on any atom is -0.347 e. The molecule has 2 aromatic rings. The fraction of sp³-hybridized carbons (Fsp3) is 0.467. The molecule has 4 heteroatoms. The van der Waals surface area contributed by atoms with Crippen LogP contribution in [-0.2, 0) is 0 Å². The van der Waals surface area contributed by atoms with E-state index >= 15 is 0 Å². The first-order valence-electron chi connectivity index (χ1n) is 6.92. The SMILES string of the molecule is CC1(NC(=O)c2ccc3cn[nH]c3c2)CCCCC1. The molecule has 4 nitrogen and oxygen atoms in total. The largest absolute Gasteiger partial charge is 0.347 e. The second-order valence-corrected chi connectivity index (χ2v) is 5.75. The van der Waals surface area contributed by atoms with Crippen LogP contribution in [0.5, 0.6) is 0 Å². The van der Waals surface area contributed by atoms with Crippen LogP contribution in [0.2, 0.25) is 0 Å². The highest BCUT2D eigenvalue weighted by Crippen LogP contribution is 2.28. The fourth-order valence-corrected chi connectivity index (χ4v) is 2.88. The van der Waals surface area contributed by atoms with Crippen molar-refractivity contribution in [1.82, 2.24) is 15.5 Å². The van der Waals surface area contributed by atoms with Crippen LogP contribution in [0.4, 0.5) is 0 Å². The molecule has 0 radical (unpaired) electrons. The molecule has 1 aliphatic carbocycles. The zero-order valence-electron chi connectivity index (χ0n) is 11.2. The second kappa shape index (κ2) is 4.68. The number of fused-ring (bicyclic) bond motifs is 1. The maximum atomic E-state index is 12.3. The predicted molar refractivity (Wildman–Crippen MR) is 75.0 cm³/mol. The molecule has 0 spiro atoms. The topological polar surface area (TPSA) is 57.8 Å². The van der Waals surface area contributed by atoms with Crippen LogP contribution in [-0.4, -0.2) is 21.6 Å². The standard InChI is InChI=1S/C15H19N3O/c1-15(7-3-2-4-8-15)17-14(19)11-5-6-12-10-16-18-13(12)9-11/h5-6,9-10H,2-4,7-8H2,1H3,(H,16,18)(H,17,19). The lowest BCUT2D eigenvalue weighted by atomic mass is 9.83. The van der Waals surface area contributed by atoms with E-state index in [9.17, 15) is 4.79 Å². The number of amides is 1. The van der Waals surface area contributed by atoms with Crippen molar-refractivity contribution in [3.63, 3.8) is 0 Å². The lowest BCUT2D eigenvalue weighted by Crippen LogP contribution is -2.47. The summed E-state index contributed by atoms with van der Waals surface area (Å²) in [6.45, 7) is 2.15. The molecular weight excluding hydrogens is 238 g/mol. The van der Waals surface area contributed by atoms with Gasteiger partial charge >= 0.3 is 0 Å². The van der Waals surface area contributed by atoms with E-state index in [1.165, 1.54) is 19.3 Å². The summed E-state index contributed by atoms with van der Waals surface area (Å²) in [7, 11) is 0. The van der Waals surface area contributed by atoms with Gasteiger partial charge in [-0.2, -0.15) is 5.10 Å². The van der Waals surface area contributed by atoms with E-state index in [-0.39, 0.29) is 11.4 Å². The molecule has 100 valence electrons. The van der Waals surface area contributed by atoms with Gasteiger partial charge in [-0.25, -0.2) is 0 Å². The predicted octanol–water partition coefficient (Wildman–Crippen LogP) is 3.02. The van der Waals surface area contributed by atoms with Crippen LogP contribution in [0.1, 0.15) is 49.4 Å². The average Bonchev–Trinajstić information content (AvgIpc) is 2.86. The van der Waals surface area contributed by atoms with E-state index < -0.39 is 0 Å². The maximum absolute atomic E-state index is 12.3. The van der Waals surface area contributed by atoms with Gasteiger partial charge in [-0.05, 0) is 31.9 Å². The number of nitrogens with zero attached hydrogens (tertiary/aromatic N) is 1. The average molecular weight is 257 g/mol. The van der Waals surface area contributed by atoms with Crippen molar-refractivity contribution in [2.24, 2.45) is 0 Å². The van der Waals surface area contributed by atoms with Gasteiger partial charge < -0.3 is 5.32 Å². The molecule has 1 saturated carbocycles. The van der Waals surface area contributed by atoms with Crippen molar-refractivity contribution >= 4 is 16.8 Å². The van der Waals surface area contributed by atoms with E-state index in [0.717, 1.165) is 23.7 Å². The zero-order valence-corrected chi connectivity index (χ0v) is 11.2. The Hall–Kier alpha value is -1.84. The molecule has 19 heavy (non-hydrogen) atoms. The summed E-state index contributed by atoms with van der Waals surface area (Å²) in [5.74, 6) is 0.0147. The van der Waals surface area contributed by atoms with Gasteiger partial charge in [0.15, 0.2) is 0 Å². The highest BCUT2D eigenvalue weighted by molar-refractivity contribution is 5.98. The molecule has 1 aromatic heterocycles. The fourth-order valence-electron chi connectivity index (χ4n) is 2.88. The Labute approximate surface area is 112 Å². The summed E-state index contributed by atoms with van der Waals surface area (Å²) < 4.78 is 0. The number of nitrogens with one attached hydrogen (secondary N) is 2. The van der Waals surface area contributed by atoms with Crippen molar-refractivity contribution in [1.29, 1.82) is 0 Å². The third kappa shape index (κ3) is 2.48. The quantitative estimate of drug-likeness (QED) is 0.868. The van der Waals surface area contributed by atoms with E-state index in [4.69, 9.17) is 0 Å². The number of carbonyl (C=O) groups excluding carboxylic acids is 1. The Morgan fingerprint density at radius 1 is 1.32 bits per heavy atom. The third-order valence-electron chi connectivity index (χ3n) is 4.08. The Morgan fingerprint density at radius 2 is 2.11 bits per heavy atom. The Kier molecular flexibility index (Phi) is 3.01. The normalized spacial score (nSPS) is 18.4. The maximum Gasteiger partial charge on any atom is 0.251 e. The van der Waals surface area contributed by atoms with Crippen molar-refractivity contribution in [2.45, 2.75) is 44.6 Å². The minimum atomic E-state index is -0.0434. The molecule has 0 unspecified atom stereocenters. The summed E-state index contributed by atoms with van der Waals surface area (Å²) in [5, 5.41) is 11.1. The molecule has 1 aromatic carbocycles. The molecule has 1 amide bonds. The van der Waals surface area contributed by atoms with Gasteiger partial charge in [0, 0.05) is 16.5 Å². The van der Waals surface area contributed by atoms with Crippen molar-refractivity contribution in [3.05, 3.63) is 30.0 Å². The van der Waals surface area contributed by atoms with E-state index in [1.807, 2.05) is 18.2 Å². The van der Waals surface area contributed by atoms with Crippen LogP contribution in [0.25, 0.3) is 10.9 Å². The Bertz CT molecular complexity index is 596. The highest BCUT2D eigenvalue weighted by Gasteiger charge is 2.28. The molecule has 0 bridgehead atoms. The summed E-state index contributed by atoms with van der Waals surface area (Å²) in [5.41, 5.74) is 1.56. The second-order valence-electron chi connectivity index (χ2n) is 5.75. The Balaban J connectivity index is 1.79. The minimum absolute atomic E-state index is 0.0147. The summed E-state index contributed by atoms with van der Waals surface area (Å²) in [6.07, 6.45) is 7.61. The Morgan fingerprint density at radius 3 is 2.89 bits per heavy atom. The van der Waals surface area contributed by atoms with Crippen LogP contribution in [0.3, 0.4) is 0 Å². The van der Waals surface area contributed by atoms with Gasteiger partial charge in [-0.1, -0.05) is 25.3 Å². The first kappa shape index (κ1) is 12.2. The summed E-state index contributed by atoms with van der Waals surface area (Å²) in [4.78, 5) is 12.3. The molecule has 2 N–H and O–H groups in total. The molecule has 3 rings (SSSR count). The number of hydrogen-bond acceptors (Lipinski definition) is 2. The summed E-state index contributed by atoms with van der Waals surface area (Å²) in [6, 6.07) is 5.65. The zero-order chi connectivity index (χ0) is 13.3. The lowest BCUT2D eigenvalue weighted by Gasteiger charge is -2.34. The van der Waals surface area contributed by atoms with Gasteiger partial charge in [0.2, 0.25) is 0 Å². The third-order valence-corrected chi connectivity index (χ3v) is 4.08. The van der Waals surface area contributed by atoms with Crippen LogP contribution in [0.15, 0.2) is 24.4 Å². The molecule has 1 heterocycles. The molecule has 0 aliphatic heterocycles. The van der Waals surface area contributed by atoms with Crippen LogP contribution in [0, 0.1) is 0 Å².